The van der Waals surface area contributed by atoms with Crippen LogP contribution in [0.25, 0.3) is 0 Å². The molecule has 0 aliphatic carbocycles. The van der Waals surface area contributed by atoms with Crippen LogP contribution in [-0.2, 0) is 0 Å². The number of likely N-dealkylation sites (tertiary alicyclic amines) is 1. The van der Waals surface area contributed by atoms with E-state index < -0.39 is 0 Å². The molecule has 1 aliphatic heterocycles. The minimum absolute atomic E-state index is 0.0681. The molecule has 1 aromatic heterocycles. The summed E-state index contributed by atoms with van der Waals surface area (Å²) in [6.45, 7) is 1.30. The number of rotatable bonds is 3. The van der Waals surface area contributed by atoms with E-state index in [4.69, 9.17) is 0 Å². The van der Waals surface area contributed by atoms with Gasteiger partial charge < -0.3 is 15.2 Å². The molecule has 23 heavy (non-hydrogen) atoms. The van der Waals surface area contributed by atoms with E-state index in [2.05, 4.69) is 10.3 Å². The number of hydrogen-bond donors (Lipinski definition) is 2. The third-order valence-corrected chi connectivity index (χ3v) is 4.03. The predicted octanol–water partition coefficient (Wildman–Crippen LogP) is 2.23. The Kier molecular flexibility index (Phi) is 4.41. The van der Waals surface area contributed by atoms with Crippen LogP contribution in [0.5, 0.6) is 0 Å². The van der Waals surface area contributed by atoms with Crippen molar-refractivity contribution in [3.05, 3.63) is 64.3 Å². The third-order valence-electron chi connectivity index (χ3n) is 4.03. The molecule has 0 bridgehead atoms. The summed E-state index contributed by atoms with van der Waals surface area (Å²) in [6, 6.07) is 9.45. The molecule has 2 heterocycles. The van der Waals surface area contributed by atoms with Crippen LogP contribution in [0.3, 0.4) is 0 Å². The first-order valence-electron chi connectivity index (χ1n) is 7.62. The summed E-state index contributed by atoms with van der Waals surface area (Å²) >= 11 is 0. The van der Waals surface area contributed by atoms with Gasteiger partial charge in [-0.1, -0.05) is 0 Å². The molecule has 1 aromatic carbocycles. The molecule has 0 unspecified atom stereocenters. The Morgan fingerprint density at radius 2 is 1.83 bits per heavy atom. The monoisotopic (exact) mass is 315 g/mol. The maximum Gasteiger partial charge on any atom is 0.255 e. The molecule has 1 fully saturated rings. The molecule has 3 rings (SSSR count). The molecule has 1 amide bonds. The minimum atomic E-state index is -0.253. The summed E-state index contributed by atoms with van der Waals surface area (Å²) in [4.78, 5) is 27.7. The average molecular weight is 315 g/mol. The number of pyridine rings is 1. The lowest BCUT2D eigenvalue weighted by atomic mass is 10.0. The molecule has 1 aliphatic rings. The fourth-order valence-electron chi connectivity index (χ4n) is 2.73. The van der Waals surface area contributed by atoms with E-state index >= 15 is 0 Å². The normalized spacial score (nSPS) is 15.4. The van der Waals surface area contributed by atoms with Gasteiger partial charge in [-0.05, 0) is 43.2 Å². The first-order valence-corrected chi connectivity index (χ1v) is 7.62. The van der Waals surface area contributed by atoms with Gasteiger partial charge in [0.25, 0.3) is 5.91 Å². The second-order valence-electron chi connectivity index (χ2n) is 5.66. The number of anilines is 1. The van der Waals surface area contributed by atoms with Crippen LogP contribution < -0.4 is 10.9 Å². The number of carbonyl (C=O) groups excluding carboxylic acids is 1. The van der Waals surface area contributed by atoms with E-state index in [0.29, 0.717) is 18.7 Å². The van der Waals surface area contributed by atoms with Gasteiger partial charge in [-0.25, -0.2) is 4.39 Å². The van der Waals surface area contributed by atoms with Crippen LogP contribution in [-0.4, -0.2) is 34.9 Å². The highest BCUT2D eigenvalue weighted by molar-refractivity contribution is 5.93. The Morgan fingerprint density at radius 3 is 2.43 bits per heavy atom. The van der Waals surface area contributed by atoms with E-state index in [1.807, 2.05) is 0 Å². The number of carbonyl (C=O) groups is 1. The molecule has 0 atom stereocenters. The summed E-state index contributed by atoms with van der Waals surface area (Å²) in [7, 11) is 0. The number of amides is 1. The molecule has 2 aromatic rings. The zero-order chi connectivity index (χ0) is 16.2. The van der Waals surface area contributed by atoms with Crippen molar-refractivity contribution in [1.82, 2.24) is 9.88 Å². The molecular weight excluding hydrogens is 297 g/mol. The highest BCUT2D eigenvalue weighted by Gasteiger charge is 2.23. The van der Waals surface area contributed by atoms with Gasteiger partial charge in [0.1, 0.15) is 5.82 Å². The third kappa shape index (κ3) is 3.77. The van der Waals surface area contributed by atoms with Crippen LogP contribution in [0.15, 0.2) is 47.4 Å². The number of piperidine rings is 1. The van der Waals surface area contributed by atoms with Crippen molar-refractivity contribution in [2.45, 2.75) is 18.9 Å². The number of benzene rings is 1. The van der Waals surface area contributed by atoms with Gasteiger partial charge in [0, 0.05) is 37.1 Å². The molecule has 0 radical (unpaired) electrons. The number of hydrogen-bond acceptors (Lipinski definition) is 3. The van der Waals surface area contributed by atoms with Crippen LogP contribution >= 0.6 is 0 Å². The number of aromatic nitrogens is 1. The van der Waals surface area contributed by atoms with Crippen molar-refractivity contribution in [3.8, 4) is 0 Å². The van der Waals surface area contributed by atoms with Crippen LogP contribution in [0.4, 0.5) is 10.1 Å². The molecule has 0 saturated carbocycles. The quantitative estimate of drug-likeness (QED) is 0.913. The molecule has 1 saturated heterocycles. The number of H-pyrrole nitrogens is 1. The topological polar surface area (TPSA) is 65.2 Å². The Hall–Kier alpha value is -2.63. The van der Waals surface area contributed by atoms with Crippen molar-refractivity contribution >= 4 is 11.6 Å². The molecule has 5 nitrogen and oxygen atoms in total. The van der Waals surface area contributed by atoms with Gasteiger partial charge >= 0.3 is 0 Å². The fourth-order valence-corrected chi connectivity index (χ4v) is 2.73. The summed E-state index contributed by atoms with van der Waals surface area (Å²) < 4.78 is 12.9. The average Bonchev–Trinajstić information content (AvgIpc) is 2.58. The summed E-state index contributed by atoms with van der Waals surface area (Å²) in [5.74, 6) is -0.321. The first kappa shape index (κ1) is 15.3. The van der Waals surface area contributed by atoms with Crippen molar-refractivity contribution in [1.29, 1.82) is 0 Å². The van der Waals surface area contributed by atoms with Gasteiger partial charge in [0.05, 0.1) is 5.56 Å². The Labute approximate surface area is 133 Å². The highest BCUT2D eigenvalue weighted by Crippen LogP contribution is 2.18. The van der Waals surface area contributed by atoms with Crippen LogP contribution in [0, 0.1) is 5.82 Å². The summed E-state index contributed by atoms with van der Waals surface area (Å²) in [5, 5.41) is 3.36. The smallest absolute Gasteiger partial charge is 0.255 e. The number of aromatic amines is 1. The zero-order valence-corrected chi connectivity index (χ0v) is 12.6. The van der Waals surface area contributed by atoms with Crippen molar-refractivity contribution in [2.75, 3.05) is 18.4 Å². The Balaban J connectivity index is 1.55. The van der Waals surface area contributed by atoms with E-state index in [1.165, 1.54) is 24.4 Å². The Morgan fingerprint density at radius 1 is 1.13 bits per heavy atom. The molecule has 6 heteroatoms. The second kappa shape index (κ2) is 6.64. The van der Waals surface area contributed by atoms with E-state index in [0.717, 1.165) is 18.5 Å². The van der Waals surface area contributed by atoms with Gasteiger partial charge in [0.2, 0.25) is 5.56 Å². The first-order chi connectivity index (χ1) is 11.1. The summed E-state index contributed by atoms with van der Waals surface area (Å²) in [5.41, 5.74) is 1.16. The Bertz CT molecular complexity index is 714. The van der Waals surface area contributed by atoms with Crippen molar-refractivity contribution < 1.29 is 9.18 Å². The van der Waals surface area contributed by atoms with Crippen molar-refractivity contribution in [3.63, 3.8) is 0 Å². The maximum absolute atomic E-state index is 12.9. The van der Waals surface area contributed by atoms with Gasteiger partial charge in [-0.15, -0.1) is 0 Å². The fraction of sp³-hybridized carbons (Fsp3) is 0.294. The van der Waals surface area contributed by atoms with E-state index in [-0.39, 0.29) is 23.3 Å². The number of nitrogens with one attached hydrogen (secondary N) is 2. The van der Waals surface area contributed by atoms with Crippen LogP contribution in [0.1, 0.15) is 23.2 Å². The number of halogens is 1. The zero-order valence-electron chi connectivity index (χ0n) is 12.6. The minimum Gasteiger partial charge on any atom is -0.382 e. The lowest BCUT2D eigenvalue weighted by molar-refractivity contribution is 0.0718. The lowest BCUT2D eigenvalue weighted by Gasteiger charge is -2.33. The van der Waals surface area contributed by atoms with Gasteiger partial charge in [-0.3, -0.25) is 9.59 Å². The largest absolute Gasteiger partial charge is 0.382 e. The highest BCUT2D eigenvalue weighted by atomic mass is 19.1. The second-order valence-corrected chi connectivity index (χ2v) is 5.66. The van der Waals surface area contributed by atoms with E-state index in [1.54, 1.807) is 23.1 Å². The standard InChI is InChI=1S/C17H18FN3O2/c18-13-2-4-14(5-3-13)20-15-7-9-21(10-8-15)17(23)12-1-6-16(22)19-11-12/h1-6,11,15,20H,7-10H2,(H,19,22). The van der Waals surface area contributed by atoms with Crippen LogP contribution in [0.2, 0.25) is 0 Å². The number of nitrogens with zero attached hydrogens (tertiary/aromatic N) is 1. The molecular formula is C17H18FN3O2. The molecule has 2 N–H and O–H groups in total. The van der Waals surface area contributed by atoms with E-state index in [9.17, 15) is 14.0 Å². The van der Waals surface area contributed by atoms with Gasteiger partial charge in [-0.2, -0.15) is 0 Å². The molecule has 120 valence electrons. The lowest BCUT2D eigenvalue weighted by Crippen LogP contribution is -2.42. The van der Waals surface area contributed by atoms with Gasteiger partial charge in [0.15, 0.2) is 0 Å². The van der Waals surface area contributed by atoms with Crippen molar-refractivity contribution in [2.24, 2.45) is 0 Å². The predicted molar refractivity (Wildman–Crippen MR) is 86.0 cm³/mol. The molecule has 0 spiro atoms. The SMILES string of the molecule is O=C(c1ccc(=O)[nH]c1)N1CCC(Nc2ccc(F)cc2)CC1. The maximum atomic E-state index is 12.9. The summed E-state index contributed by atoms with van der Waals surface area (Å²) in [6.07, 6.45) is 3.10.